The predicted octanol–water partition coefficient (Wildman–Crippen LogP) is 3.42. The van der Waals surface area contributed by atoms with E-state index >= 15 is 0 Å². The topological polar surface area (TPSA) is 50.8 Å². The van der Waals surface area contributed by atoms with E-state index in [1.165, 1.54) is 12.1 Å². The van der Waals surface area contributed by atoms with Crippen molar-refractivity contribution in [1.82, 2.24) is 5.32 Å². The van der Waals surface area contributed by atoms with Crippen LogP contribution in [0.15, 0.2) is 42.1 Å². The molecule has 2 aliphatic rings. The van der Waals surface area contributed by atoms with E-state index in [2.05, 4.69) is 5.32 Å². The summed E-state index contributed by atoms with van der Waals surface area (Å²) in [5, 5.41) is 2.99. The van der Waals surface area contributed by atoms with Crippen LogP contribution >= 0.6 is 12.2 Å². The van der Waals surface area contributed by atoms with Gasteiger partial charge in [0, 0.05) is 17.5 Å². The van der Waals surface area contributed by atoms with Gasteiger partial charge in [0.1, 0.15) is 29.1 Å². The molecule has 2 aliphatic heterocycles. The first-order valence-electron chi connectivity index (χ1n) is 8.47. The molecule has 0 saturated carbocycles. The number of thiocarbonyl (C=S) groups is 1. The van der Waals surface area contributed by atoms with Gasteiger partial charge in [-0.3, -0.25) is 4.79 Å². The zero-order chi connectivity index (χ0) is 19.1. The maximum absolute atomic E-state index is 14.1. The molecule has 138 valence electrons. The molecule has 0 bridgehead atoms. The highest BCUT2D eigenvalue weighted by atomic mass is 32.1. The number of nitrogens with one attached hydrogen (secondary N) is 1. The number of anilines is 1. The zero-order valence-electron chi connectivity index (χ0n) is 14.8. The average Bonchev–Trinajstić information content (AvgIpc) is 3.13. The Bertz CT molecular complexity index is 989. The largest absolute Gasteiger partial charge is 0.496 e. The third-order valence-electron chi connectivity index (χ3n) is 4.52. The Morgan fingerprint density at radius 2 is 2.15 bits per heavy atom. The van der Waals surface area contributed by atoms with E-state index in [0.29, 0.717) is 11.3 Å². The predicted molar refractivity (Wildman–Crippen MR) is 104 cm³/mol. The minimum absolute atomic E-state index is 0.1000. The highest BCUT2D eigenvalue weighted by Gasteiger charge is 2.34. The quantitative estimate of drug-likeness (QED) is 0.649. The van der Waals surface area contributed by atoms with Crippen LogP contribution < -0.4 is 19.7 Å². The zero-order valence-corrected chi connectivity index (χ0v) is 15.6. The van der Waals surface area contributed by atoms with Crippen LogP contribution in [0.3, 0.4) is 0 Å². The van der Waals surface area contributed by atoms with E-state index in [-0.39, 0.29) is 22.6 Å². The highest BCUT2D eigenvalue weighted by Crippen LogP contribution is 2.36. The number of hydrogen-bond donors (Lipinski definition) is 1. The van der Waals surface area contributed by atoms with E-state index in [0.717, 1.165) is 22.6 Å². The number of amides is 1. The molecule has 0 spiro atoms. The van der Waals surface area contributed by atoms with Crippen molar-refractivity contribution in [2.24, 2.45) is 0 Å². The number of nitrogens with zero attached hydrogens (tertiary/aromatic N) is 1. The van der Waals surface area contributed by atoms with Crippen LogP contribution in [0.4, 0.5) is 10.1 Å². The van der Waals surface area contributed by atoms with Gasteiger partial charge in [0.05, 0.1) is 12.8 Å². The standard InChI is InChI=1S/C20H17FN2O3S/c1-11-7-12-9-17(25-2)13(10-18(12)26-11)8-15-19(24)23(20(27)22-15)16-6-4-3-5-14(16)21/h3-6,8-11H,7H2,1-2H3,(H,22,27)/b15-8-. The summed E-state index contributed by atoms with van der Waals surface area (Å²) in [5.41, 5.74) is 2.10. The molecule has 1 amide bonds. The number of hydrogen-bond acceptors (Lipinski definition) is 4. The van der Waals surface area contributed by atoms with Crippen molar-refractivity contribution in [3.63, 3.8) is 0 Å². The summed E-state index contributed by atoms with van der Waals surface area (Å²) in [6, 6.07) is 9.76. The first-order chi connectivity index (χ1) is 13.0. The molecule has 1 saturated heterocycles. The molecule has 0 aromatic heterocycles. The van der Waals surface area contributed by atoms with Crippen LogP contribution in [-0.4, -0.2) is 24.2 Å². The molecule has 5 nitrogen and oxygen atoms in total. The van der Waals surface area contributed by atoms with Crippen molar-refractivity contribution >= 4 is 35.0 Å². The third-order valence-corrected chi connectivity index (χ3v) is 4.80. The Morgan fingerprint density at radius 1 is 1.37 bits per heavy atom. The lowest BCUT2D eigenvalue weighted by molar-refractivity contribution is -0.113. The van der Waals surface area contributed by atoms with Gasteiger partial charge in [0.25, 0.3) is 5.91 Å². The van der Waals surface area contributed by atoms with Crippen LogP contribution in [0.2, 0.25) is 0 Å². The Balaban J connectivity index is 1.72. The number of ether oxygens (including phenoxy) is 2. The van der Waals surface area contributed by atoms with E-state index in [4.69, 9.17) is 21.7 Å². The highest BCUT2D eigenvalue weighted by molar-refractivity contribution is 7.80. The summed E-state index contributed by atoms with van der Waals surface area (Å²) in [4.78, 5) is 14.0. The van der Waals surface area contributed by atoms with Crippen molar-refractivity contribution in [2.45, 2.75) is 19.4 Å². The van der Waals surface area contributed by atoms with Gasteiger partial charge < -0.3 is 14.8 Å². The summed E-state index contributed by atoms with van der Waals surface area (Å²) in [6.07, 6.45) is 2.55. The smallest absolute Gasteiger partial charge is 0.281 e. The number of halogens is 1. The molecule has 1 unspecified atom stereocenters. The van der Waals surface area contributed by atoms with Crippen LogP contribution in [0.25, 0.3) is 6.08 Å². The Hall–Kier alpha value is -2.93. The molecule has 4 rings (SSSR count). The van der Waals surface area contributed by atoms with Crippen molar-refractivity contribution < 1.29 is 18.7 Å². The number of carbonyl (C=O) groups is 1. The van der Waals surface area contributed by atoms with Crippen LogP contribution in [0, 0.1) is 5.82 Å². The van der Waals surface area contributed by atoms with E-state index < -0.39 is 11.7 Å². The Labute approximate surface area is 161 Å². The number of fused-ring (bicyclic) bond motifs is 1. The van der Waals surface area contributed by atoms with Gasteiger partial charge in [-0.05, 0) is 49.5 Å². The number of benzene rings is 2. The molecule has 27 heavy (non-hydrogen) atoms. The van der Waals surface area contributed by atoms with E-state index in [9.17, 15) is 9.18 Å². The fraction of sp³-hybridized carbons (Fsp3) is 0.200. The van der Waals surface area contributed by atoms with Gasteiger partial charge in [-0.25, -0.2) is 9.29 Å². The van der Waals surface area contributed by atoms with Gasteiger partial charge in [-0.15, -0.1) is 0 Å². The molecular formula is C20H17FN2O3S. The molecule has 0 aliphatic carbocycles. The summed E-state index contributed by atoms with van der Waals surface area (Å²) >= 11 is 5.24. The van der Waals surface area contributed by atoms with Crippen LogP contribution in [0.1, 0.15) is 18.1 Å². The molecule has 1 fully saturated rings. The number of rotatable bonds is 3. The SMILES string of the molecule is COc1cc2c(cc1/C=C1\NC(=S)N(c3ccccc3F)C1=O)OC(C)C2. The van der Waals surface area contributed by atoms with Gasteiger partial charge in [0.15, 0.2) is 5.11 Å². The molecule has 7 heteroatoms. The second-order valence-electron chi connectivity index (χ2n) is 6.41. The van der Waals surface area contributed by atoms with Gasteiger partial charge in [-0.2, -0.15) is 0 Å². The number of para-hydroxylation sites is 1. The number of carbonyl (C=O) groups excluding carboxylic acids is 1. The normalized spacial score (nSPS) is 19.9. The van der Waals surface area contributed by atoms with Gasteiger partial charge in [-0.1, -0.05) is 12.1 Å². The maximum atomic E-state index is 14.1. The van der Waals surface area contributed by atoms with Gasteiger partial charge >= 0.3 is 0 Å². The van der Waals surface area contributed by atoms with Gasteiger partial charge in [0.2, 0.25) is 0 Å². The monoisotopic (exact) mass is 384 g/mol. The molecule has 2 aromatic carbocycles. The molecule has 0 radical (unpaired) electrons. The fourth-order valence-corrected chi connectivity index (χ4v) is 3.58. The summed E-state index contributed by atoms with van der Waals surface area (Å²) < 4.78 is 25.4. The minimum atomic E-state index is -0.520. The maximum Gasteiger partial charge on any atom is 0.281 e. The fourth-order valence-electron chi connectivity index (χ4n) is 3.29. The van der Waals surface area contributed by atoms with Crippen molar-refractivity contribution in [2.75, 3.05) is 12.0 Å². The summed E-state index contributed by atoms with van der Waals surface area (Å²) in [6.45, 7) is 2.00. The molecule has 2 aromatic rings. The molecule has 2 heterocycles. The molecular weight excluding hydrogens is 367 g/mol. The second kappa shape index (κ2) is 6.66. The third kappa shape index (κ3) is 3.04. The summed E-state index contributed by atoms with van der Waals surface area (Å²) in [7, 11) is 1.57. The lowest BCUT2D eigenvalue weighted by atomic mass is 10.1. The van der Waals surface area contributed by atoms with Crippen LogP contribution in [-0.2, 0) is 11.2 Å². The number of methoxy groups -OCH3 is 1. The minimum Gasteiger partial charge on any atom is -0.496 e. The summed E-state index contributed by atoms with van der Waals surface area (Å²) in [5.74, 6) is 0.452. The van der Waals surface area contributed by atoms with Crippen molar-refractivity contribution in [1.29, 1.82) is 0 Å². The van der Waals surface area contributed by atoms with Crippen LogP contribution in [0.5, 0.6) is 11.5 Å². The first-order valence-corrected chi connectivity index (χ1v) is 8.88. The lowest BCUT2D eigenvalue weighted by Crippen LogP contribution is -2.31. The van der Waals surface area contributed by atoms with Crippen molar-refractivity contribution in [3.05, 3.63) is 59.0 Å². The molecule has 1 atom stereocenters. The molecule has 1 N–H and O–H groups in total. The lowest BCUT2D eigenvalue weighted by Gasteiger charge is -2.14. The van der Waals surface area contributed by atoms with Crippen molar-refractivity contribution in [3.8, 4) is 11.5 Å². The first kappa shape index (κ1) is 17.5. The Morgan fingerprint density at radius 3 is 2.89 bits per heavy atom. The average molecular weight is 384 g/mol. The second-order valence-corrected chi connectivity index (χ2v) is 6.80. The van der Waals surface area contributed by atoms with E-state index in [1.807, 2.05) is 19.1 Å². The Kier molecular flexibility index (Phi) is 4.31. The van der Waals surface area contributed by atoms with E-state index in [1.54, 1.807) is 25.3 Å².